The zero-order chi connectivity index (χ0) is 14.6. The van der Waals surface area contributed by atoms with Gasteiger partial charge < -0.3 is 5.32 Å². The minimum absolute atomic E-state index is 0.0459. The highest BCUT2D eigenvalue weighted by molar-refractivity contribution is 7.89. The molecule has 1 unspecified atom stereocenters. The van der Waals surface area contributed by atoms with Crippen LogP contribution in [0.4, 0.5) is 5.69 Å². The zero-order valence-corrected chi connectivity index (χ0v) is 12.3. The van der Waals surface area contributed by atoms with Crippen LogP contribution in [-0.2, 0) is 14.8 Å². The van der Waals surface area contributed by atoms with Crippen LogP contribution in [-0.4, -0.2) is 14.3 Å². The first-order chi connectivity index (χ1) is 8.75. The fraction of sp³-hybridized carbons (Fsp3) is 0.462. The molecule has 19 heavy (non-hydrogen) atoms. The number of hydrogen-bond donors (Lipinski definition) is 2. The minimum atomic E-state index is -3.71. The first-order valence-electron chi connectivity index (χ1n) is 6.20. The normalized spacial score (nSPS) is 13.1. The van der Waals surface area contributed by atoms with Gasteiger partial charge in [0.1, 0.15) is 0 Å². The maximum absolute atomic E-state index is 11.9. The lowest BCUT2D eigenvalue weighted by Crippen LogP contribution is -2.21. The van der Waals surface area contributed by atoms with Crippen molar-refractivity contribution in [1.82, 2.24) is 0 Å². The summed E-state index contributed by atoms with van der Waals surface area (Å²) in [5.41, 5.74) is 1.28. The molecular weight excluding hydrogens is 264 g/mol. The second-order valence-electron chi connectivity index (χ2n) is 4.70. The molecule has 5 nitrogen and oxygen atoms in total. The van der Waals surface area contributed by atoms with E-state index in [2.05, 4.69) is 5.32 Å². The number of carbonyl (C=O) groups excluding carboxylic acids is 1. The van der Waals surface area contributed by atoms with Crippen molar-refractivity contribution in [2.24, 2.45) is 11.1 Å². The van der Waals surface area contributed by atoms with Gasteiger partial charge in [-0.25, -0.2) is 13.6 Å². The monoisotopic (exact) mass is 284 g/mol. The summed E-state index contributed by atoms with van der Waals surface area (Å²) >= 11 is 0. The van der Waals surface area contributed by atoms with E-state index < -0.39 is 10.0 Å². The fourth-order valence-electron chi connectivity index (χ4n) is 1.77. The standard InChI is InChI=1S/C13H20N2O3S/c1-4-5-9(2)13(16)15-12-7-6-11(8-10(12)3)19(14,17)18/h6-9H,4-5H2,1-3H3,(H,15,16)(H2,14,17,18). The van der Waals surface area contributed by atoms with Crippen molar-refractivity contribution in [3.8, 4) is 0 Å². The SMILES string of the molecule is CCCC(C)C(=O)Nc1ccc(S(N)(=O)=O)cc1C. The van der Waals surface area contributed by atoms with Crippen LogP contribution in [0.5, 0.6) is 0 Å². The molecule has 0 radical (unpaired) electrons. The van der Waals surface area contributed by atoms with E-state index in [-0.39, 0.29) is 16.7 Å². The number of nitrogens with one attached hydrogen (secondary N) is 1. The third-order valence-electron chi connectivity index (χ3n) is 2.95. The Labute approximate surface area is 114 Å². The van der Waals surface area contributed by atoms with Crippen molar-refractivity contribution in [3.05, 3.63) is 23.8 Å². The molecule has 1 atom stereocenters. The number of amides is 1. The van der Waals surface area contributed by atoms with Gasteiger partial charge in [-0.05, 0) is 37.1 Å². The molecule has 6 heteroatoms. The van der Waals surface area contributed by atoms with E-state index >= 15 is 0 Å². The number of sulfonamides is 1. The van der Waals surface area contributed by atoms with Crippen LogP contribution in [0.15, 0.2) is 23.1 Å². The Hall–Kier alpha value is -1.40. The lowest BCUT2D eigenvalue weighted by molar-refractivity contribution is -0.119. The van der Waals surface area contributed by atoms with Crippen molar-refractivity contribution >= 4 is 21.6 Å². The fourth-order valence-corrected chi connectivity index (χ4v) is 2.37. The molecule has 0 fully saturated rings. The minimum Gasteiger partial charge on any atom is -0.326 e. The molecule has 106 valence electrons. The summed E-state index contributed by atoms with van der Waals surface area (Å²) in [4.78, 5) is 11.9. The first-order valence-corrected chi connectivity index (χ1v) is 7.74. The van der Waals surface area contributed by atoms with Gasteiger partial charge in [0.25, 0.3) is 0 Å². The van der Waals surface area contributed by atoms with Crippen molar-refractivity contribution < 1.29 is 13.2 Å². The van der Waals surface area contributed by atoms with Crippen molar-refractivity contribution in [1.29, 1.82) is 0 Å². The second kappa shape index (κ2) is 6.16. The molecule has 0 aliphatic heterocycles. The van der Waals surface area contributed by atoms with E-state index in [1.165, 1.54) is 12.1 Å². The topological polar surface area (TPSA) is 89.3 Å². The number of anilines is 1. The smallest absolute Gasteiger partial charge is 0.238 e. The highest BCUT2D eigenvalue weighted by Gasteiger charge is 2.14. The average Bonchev–Trinajstić information content (AvgIpc) is 2.30. The maximum Gasteiger partial charge on any atom is 0.238 e. The van der Waals surface area contributed by atoms with Gasteiger partial charge in [-0.1, -0.05) is 20.3 Å². The molecule has 0 aliphatic carbocycles. The lowest BCUT2D eigenvalue weighted by Gasteiger charge is -2.13. The van der Waals surface area contributed by atoms with Gasteiger partial charge in [0.2, 0.25) is 15.9 Å². The van der Waals surface area contributed by atoms with E-state index in [0.29, 0.717) is 11.3 Å². The Morgan fingerprint density at radius 3 is 2.53 bits per heavy atom. The van der Waals surface area contributed by atoms with Gasteiger partial charge in [0.15, 0.2) is 0 Å². The number of primary sulfonamides is 1. The molecule has 1 amide bonds. The molecule has 1 aromatic rings. The van der Waals surface area contributed by atoms with Crippen molar-refractivity contribution in [3.63, 3.8) is 0 Å². The predicted molar refractivity (Wildman–Crippen MR) is 75.3 cm³/mol. The average molecular weight is 284 g/mol. The summed E-state index contributed by atoms with van der Waals surface area (Å²) < 4.78 is 22.4. The van der Waals surface area contributed by atoms with Crippen LogP contribution in [0.1, 0.15) is 32.3 Å². The van der Waals surface area contributed by atoms with Crippen molar-refractivity contribution in [2.75, 3.05) is 5.32 Å². The summed E-state index contributed by atoms with van der Waals surface area (Å²) in [6.45, 7) is 5.62. The third-order valence-corrected chi connectivity index (χ3v) is 3.86. The number of benzene rings is 1. The van der Waals surface area contributed by atoms with Crippen LogP contribution < -0.4 is 10.5 Å². The van der Waals surface area contributed by atoms with Gasteiger partial charge in [-0.15, -0.1) is 0 Å². The number of carbonyl (C=O) groups is 1. The maximum atomic E-state index is 11.9. The molecule has 3 N–H and O–H groups in total. The number of rotatable bonds is 5. The second-order valence-corrected chi connectivity index (χ2v) is 6.26. The molecule has 0 spiro atoms. The van der Waals surface area contributed by atoms with E-state index in [1.54, 1.807) is 13.0 Å². The van der Waals surface area contributed by atoms with Crippen LogP contribution in [0.3, 0.4) is 0 Å². The van der Waals surface area contributed by atoms with Gasteiger partial charge in [0.05, 0.1) is 4.90 Å². The van der Waals surface area contributed by atoms with E-state index in [4.69, 9.17) is 5.14 Å². The summed E-state index contributed by atoms with van der Waals surface area (Å²) in [5.74, 6) is -0.129. The zero-order valence-electron chi connectivity index (χ0n) is 11.4. The van der Waals surface area contributed by atoms with Gasteiger partial charge >= 0.3 is 0 Å². The summed E-state index contributed by atoms with van der Waals surface area (Å²) in [6.07, 6.45) is 1.76. The molecule has 0 saturated carbocycles. The number of aryl methyl sites for hydroxylation is 1. The Bertz CT molecular complexity index is 567. The third kappa shape index (κ3) is 4.33. The molecular formula is C13H20N2O3S. The van der Waals surface area contributed by atoms with Crippen LogP contribution in [0, 0.1) is 12.8 Å². The highest BCUT2D eigenvalue weighted by Crippen LogP contribution is 2.20. The summed E-state index contributed by atoms with van der Waals surface area (Å²) in [7, 11) is -3.71. The Balaban J connectivity index is 2.90. The van der Waals surface area contributed by atoms with Crippen LogP contribution in [0.2, 0.25) is 0 Å². The molecule has 0 saturated heterocycles. The summed E-state index contributed by atoms with van der Waals surface area (Å²) in [6, 6.07) is 4.41. The number of hydrogen-bond acceptors (Lipinski definition) is 3. The molecule has 0 bridgehead atoms. The van der Waals surface area contributed by atoms with Gasteiger partial charge in [-0.3, -0.25) is 4.79 Å². The summed E-state index contributed by atoms with van der Waals surface area (Å²) in [5, 5.41) is 7.85. The Morgan fingerprint density at radius 1 is 1.42 bits per heavy atom. The van der Waals surface area contributed by atoms with E-state index in [9.17, 15) is 13.2 Å². The predicted octanol–water partition coefficient (Wildman–Crippen LogP) is 2.02. The largest absolute Gasteiger partial charge is 0.326 e. The molecule has 1 rings (SSSR count). The van der Waals surface area contributed by atoms with Crippen LogP contribution in [0.25, 0.3) is 0 Å². The Kier molecular flexibility index (Phi) is 5.08. The van der Waals surface area contributed by atoms with E-state index in [1.807, 2.05) is 13.8 Å². The lowest BCUT2D eigenvalue weighted by atomic mass is 10.1. The Morgan fingerprint density at radius 2 is 2.05 bits per heavy atom. The molecule has 0 heterocycles. The van der Waals surface area contributed by atoms with Gasteiger partial charge in [-0.2, -0.15) is 0 Å². The molecule has 0 aliphatic rings. The first kappa shape index (κ1) is 15.7. The van der Waals surface area contributed by atoms with Gasteiger partial charge in [0, 0.05) is 11.6 Å². The van der Waals surface area contributed by atoms with Crippen LogP contribution >= 0.6 is 0 Å². The molecule has 0 aromatic heterocycles. The van der Waals surface area contributed by atoms with Crippen molar-refractivity contribution in [2.45, 2.75) is 38.5 Å². The number of nitrogens with two attached hydrogens (primary N) is 1. The quantitative estimate of drug-likeness (QED) is 0.866. The molecule has 1 aromatic carbocycles. The highest BCUT2D eigenvalue weighted by atomic mass is 32.2. The van der Waals surface area contributed by atoms with E-state index in [0.717, 1.165) is 12.8 Å².